The zero-order valence-electron chi connectivity index (χ0n) is 10.7. The van der Waals surface area contributed by atoms with Crippen molar-refractivity contribution in [2.24, 2.45) is 5.84 Å². The number of hydrazine groups is 1. The number of sulfone groups is 1. The van der Waals surface area contributed by atoms with Crippen LogP contribution in [-0.2, 0) is 9.84 Å². The molecule has 0 amide bonds. The Balaban J connectivity index is 3.93. The molecular formula is C11H26N2O2S. The molecule has 2 unspecified atom stereocenters. The van der Waals surface area contributed by atoms with E-state index in [0.29, 0.717) is 0 Å². The van der Waals surface area contributed by atoms with Gasteiger partial charge in [-0.2, -0.15) is 0 Å². The van der Waals surface area contributed by atoms with Crippen molar-refractivity contribution in [1.82, 2.24) is 5.43 Å². The maximum absolute atomic E-state index is 11.4. The predicted octanol–water partition coefficient (Wildman–Crippen LogP) is 1.61. The van der Waals surface area contributed by atoms with E-state index in [1.54, 1.807) is 6.92 Å². The van der Waals surface area contributed by atoms with Crippen LogP contribution in [0.1, 0.15) is 52.4 Å². The van der Waals surface area contributed by atoms with Crippen LogP contribution in [0.2, 0.25) is 0 Å². The van der Waals surface area contributed by atoms with E-state index in [4.69, 9.17) is 5.84 Å². The molecule has 0 spiro atoms. The van der Waals surface area contributed by atoms with Crippen molar-refractivity contribution in [1.29, 1.82) is 0 Å². The average molecular weight is 250 g/mol. The van der Waals surface area contributed by atoms with Crippen molar-refractivity contribution in [3.05, 3.63) is 0 Å². The molecule has 16 heavy (non-hydrogen) atoms. The Hall–Kier alpha value is -0.130. The zero-order chi connectivity index (χ0) is 12.6. The highest BCUT2D eigenvalue weighted by molar-refractivity contribution is 7.91. The molecule has 5 heteroatoms. The monoisotopic (exact) mass is 250 g/mol. The third-order valence-electron chi connectivity index (χ3n) is 3.07. The highest BCUT2D eigenvalue weighted by Gasteiger charge is 2.24. The molecule has 0 aromatic rings. The Morgan fingerprint density at radius 1 is 1.19 bits per heavy atom. The van der Waals surface area contributed by atoms with Gasteiger partial charge in [-0.05, 0) is 13.3 Å². The number of nitrogens with one attached hydrogen (secondary N) is 1. The number of unbranched alkanes of at least 4 members (excludes halogenated alkanes) is 4. The lowest BCUT2D eigenvalue weighted by molar-refractivity contribution is 0.446. The highest BCUT2D eigenvalue weighted by Crippen LogP contribution is 2.12. The fourth-order valence-corrected chi connectivity index (χ4v) is 2.53. The summed E-state index contributed by atoms with van der Waals surface area (Å²) in [6.45, 7) is 3.89. The molecule has 0 saturated carbocycles. The van der Waals surface area contributed by atoms with Crippen molar-refractivity contribution in [3.8, 4) is 0 Å². The second-order valence-electron chi connectivity index (χ2n) is 4.51. The van der Waals surface area contributed by atoms with Gasteiger partial charge in [-0.1, -0.05) is 39.0 Å². The second-order valence-corrected chi connectivity index (χ2v) is 6.91. The van der Waals surface area contributed by atoms with Gasteiger partial charge < -0.3 is 0 Å². The highest BCUT2D eigenvalue weighted by atomic mass is 32.2. The molecule has 2 atom stereocenters. The van der Waals surface area contributed by atoms with E-state index in [2.05, 4.69) is 12.3 Å². The molecule has 0 aliphatic heterocycles. The third kappa shape index (κ3) is 6.45. The minimum absolute atomic E-state index is 0.128. The molecule has 0 rings (SSSR count). The first-order valence-electron chi connectivity index (χ1n) is 6.08. The van der Waals surface area contributed by atoms with Gasteiger partial charge in [0.05, 0.1) is 5.25 Å². The van der Waals surface area contributed by atoms with Crippen molar-refractivity contribution in [3.63, 3.8) is 0 Å². The van der Waals surface area contributed by atoms with Gasteiger partial charge in [-0.25, -0.2) is 8.42 Å². The molecule has 0 bridgehead atoms. The van der Waals surface area contributed by atoms with Gasteiger partial charge in [-0.15, -0.1) is 0 Å². The molecule has 0 aliphatic rings. The van der Waals surface area contributed by atoms with Gasteiger partial charge >= 0.3 is 0 Å². The lowest BCUT2D eigenvalue weighted by Crippen LogP contribution is -2.45. The number of hydrogen-bond acceptors (Lipinski definition) is 4. The molecule has 0 fully saturated rings. The molecule has 4 nitrogen and oxygen atoms in total. The SMILES string of the molecule is CCCCCCCC(NN)C(C)S(C)(=O)=O. The Bertz CT molecular complexity index is 265. The maximum atomic E-state index is 11.4. The van der Waals surface area contributed by atoms with Crippen LogP contribution in [-0.4, -0.2) is 26.0 Å². The molecule has 0 saturated heterocycles. The molecule has 3 N–H and O–H groups in total. The standard InChI is InChI=1S/C11H26N2O2S/c1-4-5-6-7-8-9-11(13-12)10(2)16(3,14)15/h10-11,13H,4-9,12H2,1-3H3. The first kappa shape index (κ1) is 15.9. The summed E-state index contributed by atoms with van der Waals surface area (Å²) in [4.78, 5) is 0. The molecule has 0 aromatic heterocycles. The minimum atomic E-state index is -3.00. The average Bonchev–Trinajstić information content (AvgIpc) is 2.21. The van der Waals surface area contributed by atoms with Gasteiger partial charge in [0.1, 0.15) is 0 Å². The van der Waals surface area contributed by atoms with Crippen molar-refractivity contribution in [2.75, 3.05) is 6.26 Å². The van der Waals surface area contributed by atoms with Gasteiger partial charge in [-0.3, -0.25) is 11.3 Å². The third-order valence-corrected chi connectivity index (χ3v) is 4.75. The van der Waals surface area contributed by atoms with Gasteiger partial charge in [0, 0.05) is 12.3 Å². The summed E-state index contributed by atoms with van der Waals surface area (Å²) in [5, 5.41) is -0.413. The summed E-state index contributed by atoms with van der Waals surface area (Å²) in [6, 6.07) is -0.128. The molecule has 0 radical (unpaired) electrons. The van der Waals surface area contributed by atoms with Crippen molar-refractivity contribution >= 4 is 9.84 Å². The molecular weight excluding hydrogens is 224 g/mol. The van der Waals surface area contributed by atoms with Crippen LogP contribution < -0.4 is 11.3 Å². The largest absolute Gasteiger partial charge is 0.271 e. The van der Waals surface area contributed by atoms with Crippen LogP contribution in [0.25, 0.3) is 0 Å². The maximum Gasteiger partial charge on any atom is 0.151 e. The zero-order valence-corrected chi connectivity index (χ0v) is 11.5. The lowest BCUT2D eigenvalue weighted by atomic mass is 10.1. The summed E-state index contributed by atoms with van der Waals surface area (Å²) in [7, 11) is -3.00. The topological polar surface area (TPSA) is 72.2 Å². The van der Waals surface area contributed by atoms with Crippen molar-refractivity contribution in [2.45, 2.75) is 63.7 Å². The molecule has 0 heterocycles. The van der Waals surface area contributed by atoms with E-state index >= 15 is 0 Å². The smallest absolute Gasteiger partial charge is 0.151 e. The van der Waals surface area contributed by atoms with Crippen LogP contribution in [0.15, 0.2) is 0 Å². The second kappa shape index (κ2) is 8.03. The summed E-state index contributed by atoms with van der Waals surface area (Å²) in [5.41, 5.74) is 2.62. The summed E-state index contributed by atoms with van der Waals surface area (Å²) in [5.74, 6) is 5.40. The van der Waals surface area contributed by atoms with Crippen LogP contribution in [0.5, 0.6) is 0 Å². The fourth-order valence-electron chi connectivity index (χ4n) is 1.72. The molecule has 0 aromatic carbocycles. The quantitative estimate of drug-likeness (QED) is 0.370. The van der Waals surface area contributed by atoms with Gasteiger partial charge in [0.25, 0.3) is 0 Å². The van der Waals surface area contributed by atoms with Gasteiger partial charge in [0.2, 0.25) is 0 Å². The lowest BCUT2D eigenvalue weighted by Gasteiger charge is -2.21. The van der Waals surface area contributed by atoms with E-state index in [-0.39, 0.29) is 6.04 Å². The van der Waals surface area contributed by atoms with E-state index in [0.717, 1.165) is 19.3 Å². The van der Waals surface area contributed by atoms with Crippen LogP contribution in [0.4, 0.5) is 0 Å². The Morgan fingerprint density at radius 2 is 1.75 bits per heavy atom. The van der Waals surface area contributed by atoms with E-state index in [1.807, 2.05) is 0 Å². The summed E-state index contributed by atoms with van der Waals surface area (Å²) >= 11 is 0. The van der Waals surface area contributed by atoms with E-state index < -0.39 is 15.1 Å². The predicted molar refractivity (Wildman–Crippen MR) is 68.8 cm³/mol. The minimum Gasteiger partial charge on any atom is -0.271 e. The van der Waals surface area contributed by atoms with Gasteiger partial charge in [0.15, 0.2) is 9.84 Å². The first-order chi connectivity index (χ1) is 7.43. The first-order valence-corrected chi connectivity index (χ1v) is 8.04. The van der Waals surface area contributed by atoms with E-state index in [1.165, 1.54) is 25.5 Å². The molecule has 0 aliphatic carbocycles. The normalized spacial score (nSPS) is 16.0. The molecule has 98 valence electrons. The number of nitrogens with two attached hydrogens (primary N) is 1. The Morgan fingerprint density at radius 3 is 2.19 bits per heavy atom. The van der Waals surface area contributed by atoms with Crippen LogP contribution >= 0.6 is 0 Å². The van der Waals surface area contributed by atoms with Crippen molar-refractivity contribution < 1.29 is 8.42 Å². The summed E-state index contributed by atoms with van der Waals surface area (Å²) in [6.07, 6.45) is 7.98. The van der Waals surface area contributed by atoms with Crippen LogP contribution in [0.3, 0.4) is 0 Å². The van der Waals surface area contributed by atoms with E-state index in [9.17, 15) is 8.42 Å². The number of rotatable bonds is 9. The van der Waals surface area contributed by atoms with Crippen LogP contribution in [0, 0.1) is 0 Å². The fraction of sp³-hybridized carbons (Fsp3) is 1.00. The number of hydrogen-bond donors (Lipinski definition) is 2. The Kier molecular flexibility index (Phi) is 7.97. The summed E-state index contributed by atoms with van der Waals surface area (Å²) < 4.78 is 22.7. The Labute approximate surface area is 99.9 Å².